The van der Waals surface area contributed by atoms with Gasteiger partial charge in [-0.15, -0.1) is 0 Å². The van der Waals surface area contributed by atoms with Gasteiger partial charge in [-0.05, 0) is 31.0 Å². The SMILES string of the molecule is CCn1ccnc1CN(C)C(=O)[C@H]1CCC(=O)N(Cc2cccc(OC)c2)C1. The summed E-state index contributed by atoms with van der Waals surface area (Å²) in [5, 5.41) is 0. The summed E-state index contributed by atoms with van der Waals surface area (Å²) in [6.07, 6.45) is 4.67. The summed E-state index contributed by atoms with van der Waals surface area (Å²) in [5.41, 5.74) is 0.999. The zero-order chi connectivity index (χ0) is 20.1. The van der Waals surface area contributed by atoms with Gasteiger partial charge in [-0.25, -0.2) is 4.98 Å². The molecule has 2 heterocycles. The van der Waals surface area contributed by atoms with Crippen LogP contribution in [0.1, 0.15) is 31.2 Å². The van der Waals surface area contributed by atoms with Crippen molar-refractivity contribution in [1.82, 2.24) is 19.4 Å². The van der Waals surface area contributed by atoms with Gasteiger partial charge in [0.05, 0.1) is 19.6 Å². The largest absolute Gasteiger partial charge is 0.497 e. The minimum Gasteiger partial charge on any atom is -0.497 e. The molecule has 1 fully saturated rings. The summed E-state index contributed by atoms with van der Waals surface area (Å²) in [6, 6.07) is 7.69. The number of methoxy groups -OCH3 is 1. The number of imidazole rings is 1. The van der Waals surface area contributed by atoms with E-state index in [-0.39, 0.29) is 17.7 Å². The Balaban J connectivity index is 1.64. The van der Waals surface area contributed by atoms with Gasteiger partial charge in [0.15, 0.2) is 0 Å². The maximum Gasteiger partial charge on any atom is 0.227 e. The summed E-state index contributed by atoms with van der Waals surface area (Å²) in [4.78, 5) is 33.2. The number of likely N-dealkylation sites (tertiary alicyclic amines) is 1. The smallest absolute Gasteiger partial charge is 0.227 e. The lowest BCUT2D eigenvalue weighted by Gasteiger charge is -2.34. The van der Waals surface area contributed by atoms with Crippen molar-refractivity contribution in [1.29, 1.82) is 0 Å². The molecule has 3 rings (SSSR count). The molecule has 0 spiro atoms. The van der Waals surface area contributed by atoms with Crippen LogP contribution in [-0.2, 0) is 29.2 Å². The highest BCUT2D eigenvalue weighted by atomic mass is 16.5. The summed E-state index contributed by atoms with van der Waals surface area (Å²) in [7, 11) is 3.43. The van der Waals surface area contributed by atoms with Crippen LogP contribution in [0.4, 0.5) is 0 Å². The Morgan fingerprint density at radius 1 is 1.39 bits per heavy atom. The minimum atomic E-state index is -0.182. The fraction of sp³-hybridized carbons (Fsp3) is 0.476. The van der Waals surface area contributed by atoms with Crippen LogP contribution in [0, 0.1) is 5.92 Å². The maximum atomic E-state index is 13.0. The molecular weight excluding hydrogens is 356 g/mol. The molecule has 0 radical (unpaired) electrons. The zero-order valence-corrected chi connectivity index (χ0v) is 16.8. The molecule has 7 nitrogen and oxygen atoms in total. The first-order valence-electron chi connectivity index (χ1n) is 9.67. The molecule has 1 aliphatic heterocycles. The first-order chi connectivity index (χ1) is 13.5. The third kappa shape index (κ3) is 4.52. The van der Waals surface area contributed by atoms with Gasteiger partial charge in [0, 0.05) is 45.5 Å². The third-order valence-corrected chi connectivity index (χ3v) is 5.25. The number of rotatable bonds is 7. The molecule has 28 heavy (non-hydrogen) atoms. The lowest BCUT2D eigenvalue weighted by molar-refractivity contribution is -0.143. The van der Waals surface area contributed by atoms with Gasteiger partial charge < -0.3 is 19.1 Å². The van der Waals surface area contributed by atoms with Gasteiger partial charge in [-0.3, -0.25) is 9.59 Å². The fourth-order valence-electron chi connectivity index (χ4n) is 3.64. The quantitative estimate of drug-likeness (QED) is 0.735. The second-order valence-electron chi connectivity index (χ2n) is 7.19. The Bertz CT molecular complexity index is 833. The number of nitrogens with zero attached hydrogens (tertiary/aromatic N) is 4. The van der Waals surface area contributed by atoms with Crippen LogP contribution < -0.4 is 4.74 Å². The highest BCUT2D eigenvalue weighted by Crippen LogP contribution is 2.23. The predicted octanol–water partition coefficient (Wildman–Crippen LogP) is 2.31. The van der Waals surface area contributed by atoms with E-state index in [2.05, 4.69) is 11.9 Å². The van der Waals surface area contributed by atoms with Gasteiger partial charge in [-0.2, -0.15) is 0 Å². The number of ether oxygens (including phenoxy) is 1. The van der Waals surface area contributed by atoms with Crippen LogP contribution in [0.3, 0.4) is 0 Å². The molecule has 1 saturated heterocycles. The zero-order valence-electron chi connectivity index (χ0n) is 16.8. The normalized spacial score (nSPS) is 16.9. The number of carbonyl (C=O) groups is 2. The van der Waals surface area contributed by atoms with E-state index in [1.165, 1.54) is 0 Å². The predicted molar refractivity (Wildman–Crippen MR) is 106 cm³/mol. The van der Waals surface area contributed by atoms with Crippen LogP contribution in [0.25, 0.3) is 0 Å². The van der Waals surface area contributed by atoms with Crippen molar-refractivity contribution in [3.63, 3.8) is 0 Å². The molecule has 1 atom stereocenters. The van der Waals surface area contributed by atoms with Crippen molar-refractivity contribution in [3.05, 3.63) is 48.0 Å². The second-order valence-corrected chi connectivity index (χ2v) is 7.19. The van der Waals surface area contributed by atoms with Crippen molar-refractivity contribution in [2.45, 2.75) is 39.4 Å². The van der Waals surface area contributed by atoms with E-state index in [4.69, 9.17) is 4.74 Å². The average Bonchev–Trinajstić information content (AvgIpc) is 3.16. The van der Waals surface area contributed by atoms with E-state index in [0.717, 1.165) is 23.7 Å². The fourth-order valence-corrected chi connectivity index (χ4v) is 3.64. The molecule has 7 heteroatoms. The highest BCUT2D eigenvalue weighted by molar-refractivity contribution is 5.83. The Morgan fingerprint density at radius 3 is 2.96 bits per heavy atom. The summed E-state index contributed by atoms with van der Waals surface area (Å²) >= 11 is 0. The molecule has 0 N–H and O–H groups in total. The van der Waals surface area contributed by atoms with Gasteiger partial charge >= 0.3 is 0 Å². The monoisotopic (exact) mass is 384 g/mol. The van der Waals surface area contributed by atoms with Gasteiger partial charge in [0.1, 0.15) is 11.6 Å². The first kappa shape index (κ1) is 19.9. The van der Waals surface area contributed by atoms with E-state index in [0.29, 0.717) is 32.5 Å². The van der Waals surface area contributed by atoms with E-state index in [9.17, 15) is 9.59 Å². The van der Waals surface area contributed by atoms with Crippen molar-refractivity contribution in [2.24, 2.45) is 5.92 Å². The Morgan fingerprint density at radius 2 is 2.21 bits per heavy atom. The number of benzene rings is 1. The molecule has 0 unspecified atom stereocenters. The van der Waals surface area contributed by atoms with Crippen molar-refractivity contribution in [2.75, 3.05) is 20.7 Å². The van der Waals surface area contributed by atoms with Gasteiger partial charge in [-0.1, -0.05) is 12.1 Å². The molecule has 0 bridgehead atoms. The molecule has 150 valence electrons. The van der Waals surface area contributed by atoms with Crippen molar-refractivity contribution in [3.8, 4) is 5.75 Å². The molecule has 1 aromatic carbocycles. The number of hydrogen-bond donors (Lipinski definition) is 0. The van der Waals surface area contributed by atoms with E-state index < -0.39 is 0 Å². The second kappa shape index (κ2) is 8.91. The number of aryl methyl sites for hydroxylation is 1. The van der Waals surface area contributed by atoms with Crippen LogP contribution in [0.5, 0.6) is 5.75 Å². The average molecular weight is 384 g/mol. The molecule has 1 aromatic heterocycles. The molecule has 0 aliphatic carbocycles. The Kier molecular flexibility index (Phi) is 6.34. The molecule has 0 saturated carbocycles. The molecular formula is C21H28N4O3. The minimum absolute atomic E-state index is 0.0637. The number of carbonyl (C=O) groups excluding carboxylic acids is 2. The number of amides is 2. The van der Waals surface area contributed by atoms with Crippen molar-refractivity contribution < 1.29 is 14.3 Å². The van der Waals surface area contributed by atoms with Crippen LogP contribution in [0.15, 0.2) is 36.7 Å². The molecule has 1 aliphatic rings. The van der Waals surface area contributed by atoms with Gasteiger partial charge in [0.25, 0.3) is 0 Å². The summed E-state index contributed by atoms with van der Waals surface area (Å²) in [5.74, 6) is 1.61. The Labute approximate surface area is 165 Å². The molecule has 2 amide bonds. The number of piperidine rings is 1. The van der Waals surface area contributed by atoms with Crippen LogP contribution in [-0.4, -0.2) is 51.9 Å². The molecule has 2 aromatic rings. The van der Waals surface area contributed by atoms with Gasteiger partial charge in [0.2, 0.25) is 11.8 Å². The lowest BCUT2D eigenvalue weighted by atomic mass is 9.95. The van der Waals surface area contributed by atoms with Crippen LogP contribution in [0.2, 0.25) is 0 Å². The first-order valence-corrected chi connectivity index (χ1v) is 9.67. The summed E-state index contributed by atoms with van der Waals surface area (Å²) < 4.78 is 7.29. The topological polar surface area (TPSA) is 67.7 Å². The van der Waals surface area contributed by atoms with E-state index in [1.807, 2.05) is 35.0 Å². The van der Waals surface area contributed by atoms with E-state index in [1.54, 1.807) is 30.2 Å². The van der Waals surface area contributed by atoms with E-state index >= 15 is 0 Å². The lowest BCUT2D eigenvalue weighted by Crippen LogP contribution is -2.45. The Hall–Kier alpha value is -2.83. The van der Waals surface area contributed by atoms with Crippen molar-refractivity contribution >= 4 is 11.8 Å². The standard InChI is InChI=1S/C21H28N4O3/c1-4-24-11-10-22-19(24)15-23(2)21(27)17-8-9-20(26)25(14-17)13-16-6-5-7-18(12-16)28-3/h5-7,10-12,17H,4,8-9,13-15H2,1-3H3/t17-/m0/s1. The number of hydrogen-bond acceptors (Lipinski definition) is 4. The van der Waals surface area contributed by atoms with Crippen LogP contribution >= 0.6 is 0 Å². The highest BCUT2D eigenvalue weighted by Gasteiger charge is 2.32. The third-order valence-electron chi connectivity index (χ3n) is 5.25. The maximum absolute atomic E-state index is 13.0. The summed E-state index contributed by atoms with van der Waals surface area (Å²) in [6.45, 7) is 4.28. The number of aromatic nitrogens is 2.